The zero-order valence-corrected chi connectivity index (χ0v) is 11.7. The molecule has 0 amide bonds. The molecule has 2 heteroatoms. The Morgan fingerprint density at radius 1 is 1.29 bits per heavy atom. The van der Waals surface area contributed by atoms with Gasteiger partial charge in [-0.15, -0.1) is 0 Å². The molecule has 0 aliphatic rings. The van der Waals surface area contributed by atoms with E-state index in [0.29, 0.717) is 0 Å². The zero-order chi connectivity index (χ0) is 11.0. The van der Waals surface area contributed by atoms with E-state index in [-0.39, 0.29) is 5.60 Å². The minimum Gasteiger partial charge on any atom is -0.374 e. The molecule has 0 aromatic rings. The first-order chi connectivity index (χ1) is 6.55. The second-order valence-electron chi connectivity index (χ2n) is 4.62. The molecule has 0 bridgehead atoms. The third kappa shape index (κ3) is 6.83. The van der Waals surface area contributed by atoms with Gasteiger partial charge in [0.1, 0.15) is 0 Å². The molecule has 0 spiro atoms. The van der Waals surface area contributed by atoms with E-state index in [4.69, 9.17) is 4.74 Å². The molecule has 0 aromatic carbocycles. The topological polar surface area (TPSA) is 9.23 Å². The summed E-state index contributed by atoms with van der Waals surface area (Å²) in [7, 11) is 0. The fourth-order valence-electron chi connectivity index (χ4n) is 1.28. The minimum atomic E-state index is -0.0143. The maximum absolute atomic E-state index is 5.88. The first kappa shape index (κ1) is 14.4. The summed E-state index contributed by atoms with van der Waals surface area (Å²) >= 11 is 3.47. The summed E-state index contributed by atoms with van der Waals surface area (Å²) in [6, 6.07) is 0. The molecule has 14 heavy (non-hydrogen) atoms. The summed E-state index contributed by atoms with van der Waals surface area (Å²) in [6.07, 6.45) is 5.17. The third-order valence-electron chi connectivity index (χ3n) is 2.57. The molecule has 0 aliphatic carbocycles. The standard InChI is InChI=1S/C12H25BrO/c1-5-7-8-11(6-2)9-14-12(3,4)10-13/h11H,5-10H2,1-4H3. The van der Waals surface area contributed by atoms with Crippen LogP contribution < -0.4 is 0 Å². The van der Waals surface area contributed by atoms with E-state index in [1.165, 1.54) is 25.7 Å². The van der Waals surface area contributed by atoms with Crippen molar-refractivity contribution in [2.24, 2.45) is 5.92 Å². The Labute approximate surface area is 97.7 Å². The Kier molecular flexibility index (Phi) is 7.94. The van der Waals surface area contributed by atoms with Gasteiger partial charge in [0.15, 0.2) is 0 Å². The third-order valence-corrected chi connectivity index (χ3v) is 3.93. The molecule has 1 nitrogen and oxygen atoms in total. The summed E-state index contributed by atoms with van der Waals surface area (Å²) in [5.41, 5.74) is -0.0143. The Morgan fingerprint density at radius 2 is 1.93 bits per heavy atom. The molecule has 0 saturated carbocycles. The smallest absolute Gasteiger partial charge is 0.0723 e. The number of unbranched alkanes of at least 4 members (excludes halogenated alkanes) is 1. The van der Waals surface area contributed by atoms with Crippen LogP contribution in [0, 0.1) is 5.92 Å². The number of ether oxygens (including phenoxy) is 1. The number of hydrogen-bond donors (Lipinski definition) is 0. The van der Waals surface area contributed by atoms with Crippen LogP contribution >= 0.6 is 15.9 Å². The summed E-state index contributed by atoms with van der Waals surface area (Å²) in [4.78, 5) is 0. The van der Waals surface area contributed by atoms with Gasteiger partial charge in [0.2, 0.25) is 0 Å². The summed E-state index contributed by atoms with van der Waals surface area (Å²) in [6.45, 7) is 9.68. The highest BCUT2D eigenvalue weighted by Crippen LogP contribution is 2.18. The summed E-state index contributed by atoms with van der Waals surface area (Å²) in [5, 5.41) is 0.907. The van der Waals surface area contributed by atoms with Crippen molar-refractivity contribution in [1.82, 2.24) is 0 Å². The van der Waals surface area contributed by atoms with Crippen molar-refractivity contribution in [1.29, 1.82) is 0 Å². The van der Waals surface area contributed by atoms with E-state index < -0.39 is 0 Å². The molecular formula is C12H25BrO. The van der Waals surface area contributed by atoms with E-state index in [2.05, 4.69) is 43.6 Å². The molecule has 0 saturated heterocycles. The van der Waals surface area contributed by atoms with Gasteiger partial charge in [-0.3, -0.25) is 0 Å². The van der Waals surface area contributed by atoms with Gasteiger partial charge in [-0.2, -0.15) is 0 Å². The maximum Gasteiger partial charge on any atom is 0.0723 e. The van der Waals surface area contributed by atoms with Crippen LogP contribution in [0.15, 0.2) is 0 Å². The highest BCUT2D eigenvalue weighted by molar-refractivity contribution is 9.09. The van der Waals surface area contributed by atoms with Crippen LogP contribution in [0.5, 0.6) is 0 Å². The van der Waals surface area contributed by atoms with E-state index in [0.717, 1.165) is 17.9 Å². The largest absolute Gasteiger partial charge is 0.374 e. The van der Waals surface area contributed by atoms with Crippen molar-refractivity contribution in [3.05, 3.63) is 0 Å². The Hall–Kier alpha value is 0.440. The monoisotopic (exact) mass is 264 g/mol. The highest BCUT2D eigenvalue weighted by Gasteiger charge is 2.18. The lowest BCUT2D eigenvalue weighted by Gasteiger charge is -2.25. The fourth-order valence-corrected chi connectivity index (χ4v) is 1.44. The van der Waals surface area contributed by atoms with Crippen LogP contribution in [0.4, 0.5) is 0 Å². The van der Waals surface area contributed by atoms with Crippen molar-refractivity contribution in [3.63, 3.8) is 0 Å². The van der Waals surface area contributed by atoms with Gasteiger partial charge in [-0.1, -0.05) is 49.0 Å². The predicted molar refractivity (Wildman–Crippen MR) is 67.1 cm³/mol. The van der Waals surface area contributed by atoms with E-state index >= 15 is 0 Å². The van der Waals surface area contributed by atoms with Crippen molar-refractivity contribution >= 4 is 15.9 Å². The van der Waals surface area contributed by atoms with Gasteiger partial charge >= 0.3 is 0 Å². The number of alkyl halides is 1. The SMILES string of the molecule is CCCCC(CC)COC(C)(C)CBr. The molecule has 0 N–H and O–H groups in total. The first-order valence-corrected chi connectivity index (χ1v) is 6.87. The second-order valence-corrected chi connectivity index (χ2v) is 5.18. The van der Waals surface area contributed by atoms with Crippen molar-refractivity contribution in [2.45, 2.75) is 59.0 Å². The molecular weight excluding hydrogens is 240 g/mol. The zero-order valence-electron chi connectivity index (χ0n) is 10.1. The van der Waals surface area contributed by atoms with Crippen molar-refractivity contribution < 1.29 is 4.74 Å². The average molecular weight is 265 g/mol. The molecule has 1 unspecified atom stereocenters. The average Bonchev–Trinajstić information content (AvgIpc) is 2.18. The van der Waals surface area contributed by atoms with Crippen LogP contribution in [-0.2, 0) is 4.74 Å². The van der Waals surface area contributed by atoms with Gasteiger partial charge in [0.05, 0.1) is 12.2 Å². The molecule has 0 rings (SSSR count). The van der Waals surface area contributed by atoms with Crippen molar-refractivity contribution in [2.75, 3.05) is 11.9 Å². The maximum atomic E-state index is 5.88. The first-order valence-electron chi connectivity index (χ1n) is 5.75. The van der Waals surface area contributed by atoms with E-state index in [1.54, 1.807) is 0 Å². The van der Waals surface area contributed by atoms with Crippen molar-refractivity contribution in [3.8, 4) is 0 Å². The predicted octanol–water partition coefficient (Wildman–Crippen LogP) is 4.39. The van der Waals surface area contributed by atoms with Gasteiger partial charge < -0.3 is 4.74 Å². The lowest BCUT2D eigenvalue weighted by molar-refractivity contribution is -0.0201. The van der Waals surface area contributed by atoms with E-state index in [1.807, 2.05) is 0 Å². The Bertz CT molecular complexity index is 134. The van der Waals surface area contributed by atoms with Gasteiger partial charge in [-0.05, 0) is 26.2 Å². The Balaban J connectivity index is 3.71. The molecule has 0 aliphatic heterocycles. The summed E-state index contributed by atoms with van der Waals surface area (Å²) < 4.78 is 5.88. The van der Waals surface area contributed by atoms with Crippen LogP contribution in [-0.4, -0.2) is 17.5 Å². The fraction of sp³-hybridized carbons (Fsp3) is 1.00. The summed E-state index contributed by atoms with van der Waals surface area (Å²) in [5.74, 6) is 0.744. The molecule has 0 fully saturated rings. The normalized spacial score (nSPS) is 14.4. The van der Waals surface area contributed by atoms with Gasteiger partial charge in [0, 0.05) is 5.33 Å². The van der Waals surface area contributed by atoms with Gasteiger partial charge in [0.25, 0.3) is 0 Å². The molecule has 1 atom stereocenters. The van der Waals surface area contributed by atoms with E-state index in [9.17, 15) is 0 Å². The Morgan fingerprint density at radius 3 is 2.36 bits per heavy atom. The number of hydrogen-bond acceptors (Lipinski definition) is 1. The molecule has 0 heterocycles. The van der Waals surface area contributed by atoms with Gasteiger partial charge in [-0.25, -0.2) is 0 Å². The van der Waals surface area contributed by atoms with Crippen LogP contribution in [0.25, 0.3) is 0 Å². The number of rotatable bonds is 8. The van der Waals surface area contributed by atoms with Crippen LogP contribution in [0.1, 0.15) is 53.4 Å². The molecule has 0 aromatic heterocycles. The second kappa shape index (κ2) is 7.70. The molecule has 0 radical (unpaired) electrons. The lowest BCUT2D eigenvalue weighted by atomic mass is 10.00. The minimum absolute atomic E-state index is 0.0143. The van der Waals surface area contributed by atoms with Crippen LogP contribution in [0.2, 0.25) is 0 Å². The number of halogens is 1. The van der Waals surface area contributed by atoms with Crippen LogP contribution in [0.3, 0.4) is 0 Å². The highest BCUT2D eigenvalue weighted by atomic mass is 79.9. The lowest BCUT2D eigenvalue weighted by Crippen LogP contribution is -2.29. The quantitative estimate of drug-likeness (QED) is 0.591. The molecule has 86 valence electrons.